The van der Waals surface area contributed by atoms with Crippen LogP contribution >= 0.6 is 0 Å². The van der Waals surface area contributed by atoms with E-state index in [-0.39, 0.29) is 31.5 Å². The molecule has 0 spiro atoms. The molecule has 0 saturated carbocycles. The lowest BCUT2D eigenvalue weighted by molar-refractivity contribution is -0.150. The molecule has 0 aliphatic carbocycles. The maximum Gasteiger partial charge on any atom is 0.433 e. The van der Waals surface area contributed by atoms with Gasteiger partial charge in [0.25, 0.3) is 0 Å². The van der Waals surface area contributed by atoms with Crippen molar-refractivity contribution in [3.05, 3.63) is 29.6 Å². The van der Waals surface area contributed by atoms with Gasteiger partial charge in [0, 0.05) is 38.5 Å². The number of hydrogen-bond donors (Lipinski definition) is 0. The van der Waals surface area contributed by atoms with E-state index in [0.717, 1.165) is 17.2 Å². The Balaban J connectivity index is 2.02. The number of piperidine rings is 1. The summed E-state index contributed by atoms with van der Waals surface area (Å²) in [6.07, 6.45) is -10.9. The lowest BCUT2D eigenvalue weighted by Crippen LogP contribution is -2.43. The minimum Gasteiger partial charge on any atom is -0.342 e. The molecule has 0 atom stereocenters. The fraction of sp³-hybridized carbons (Fsp3) is 0.600. The normalized spacial score (nSPS) is 18.3. The molecule has 2 heterocycles. The number of carbonyl (C=O) groups excluding carboxylic acids is 1. The highest BCUT2D eigenvalue weighted by molar-refractivity contribution is 5.76. The largest absolute Gasteiger partial charge is 0.433 e. The molecule has 0 radical (unpaired) electrons. The van der Waals surface area contributed by atoms with Crippen LogP contribution < -0.4 is 0 Å². The minimum absolute atomic E-state index is 0.156. The number of aromatic nitrogens is 1. The van der Waals surface area contributed by atoms with Crippen LogP contribution in [0.25, 0.3) is 0 Å². The SMILES string of the molecule is O=C(CCC(F)(F)F)N1CCC(F)(c2ccnc(C(F)(F)F)c2)CC1. The molecule has 10 heteroatoms. The summed E-state index contributed by atoms with van der Waals surface area (Å²) in [5, 5.41) is 0. The third-order valence-corrected chi connectivity index (χ3v) is 4.10. The molecule has 140 valence electrons. The highest BCUT2D eigenvalue weighted by Crippen LogP contribution is 2.39. The van der Waals surface area contributed by atoms with Gasteiger partial charge in [0.1, 0.15) is 11.4 Å². The number of rotatable bonds is 3. The summed E-state index contributed by atoms with van der Waals surface area (Å²) < 4.78 is 89.4. The predicted molar refractivity (Wildman–Crippen MR) is 73.1 cm³/mol. The summed E-state index contributed by atoms with van der Waals surface area (Å²) in [5.74, 6) is -0.745. The first-order valence-electron chi connectivity index (χ1n) is 7.48. The summed E-state index contributed by atoms with van der Waals surface area (Å²) in [6.45, 7) is -0.312. The Hall–Kier alpha value is -1.87. The van der Waals surface area contributed by atoms with E-state index in [0.29, 0.717) is 6.07 Å². The van der Waals surface area contributed by atoms with Gasteiger partial charge in [-0.2, -0.15) is 26.3 Å². The highest BCUT2D eigenvalue weighted by atomic mass is 19.4. The van der Waals surface area contributed by atoms with Gasteiger partial charge in [-0.3, -0.25) is 9.78 Å². The predicted octanol–water partition coefficient (Wildman–Crippen LogP) is 4.23. The van der Waals surface area contributed by atoms with Crippen molar-refractivity contribution in [3.8, 4) is 0 Å². The molecule has 25 heavy (non-hydrogen) atoms. The molecule has 1 aliphatic heterocycles. The second-order valence-electron chi connectivity index (χ2n) is 5.89. The van der Waals surface area contributed by atoms with Gasteiger partial charge in [0.2, 0.25) is 5.91 Å². The maximum absolute atomic E-state index is 15.0. The summed E-state index contributed by atoms with van der Waals surface area (Å²) >= 11 is 0. The van der Waals surface area contributed by atoms with Crippen LogP contribution in [0.1, 0.15) is 36.9 Å². The minimum atomic E-state index is -4.71. The number of pyridine rings is 1. The van der Waals surface area contributed by atoms with Gasteiger partial charge in [-0.25, -0.2) is 4.39 Å². The number of likely N-dealkylation sites (tertiary alicyclic amines) is 1. The molecule has 1 aliphatic rings. The van der Waals surface area contributed by atoms with E-state index in [1.54, 1.807) is 0 Å². The molecule has 1 aromatic rings. The Morgan fingerprint density at radius 3 is 2.28 bits per heavy atom. The van der Waals surface area contributed by atoms with E-state index in [2.05, 4.69) is 4.98 Å². The zero-order valence-electron chi connectivity index (χ0n) is 12.9. The van der Waals surface area contributed by atoms with E-state index in [1.807, 2.05) is 0 Å². The quantitative estimate of drug-likeness (QED) is 0.744. The Morgan fingerprint density at radius 1 is 1.16 bits per heavy atom. The van der Waals surface area contributed by atoms with Crippen LogP contribution in [0, 0.1) is 0 Å². The topological polar surface area (TPSA) is 33.2 Å². The molecule has 2 rings (SSSR count). The number of halogens is 7. The molecule has 0 N–H and O–H groups in total. The van der Waals surface area contributed by atoms with Crippen LogP contribution in [-0.2, 0) is 16.6 Å². The van der Waals surface area contributed by atoms with E-state index in [9.17, 15) is 35.5 Å². The molecule has 1 amide bonds. The molecule has 1 fully saturated rings. The van der Waals surface area contributed by atoms with Gasteiger partial charge in [-0.05, 0) is 17.7 Å². The molecule has 1 saturated heterocycles. The third-order valence-electron chi connectivity index (χ3n) is 4.10. The zero-order chi connectivity index (χ0) is 18.9. The van der Waals surface area contributed by atoms with Crippen molar-refractivity contribution in [1.29, 1.82) is 0 Å². The van der Waals surface area contributed by atoms with Crippen LogP contribution in [0.15, 0.2) is 18.3 Å². The van der Waals surface area contributed by atoms with Crippen LogP contribution in [0.5, 0.6) is 0 Å². The first kappa shape index (κ1) is 19.5. The molecule has 0 aromatic carbocycles. The van der Waals surface area contributed by atoms with Crippen LogP contribution in [-0.4, -0.2) is 35.1 Å². The number of amides is 1. The first-order chi connectivity index (χ1) is 11.4. The van der Waals surface area contributed by atoms with E-state index in [4.69, 9.17) is 0 Å². The summed E-state index contributed by atoms with van der Waals surface area (Å²) in [7, 11) is 0. The Bertz CT molecular complexity index is 619. The van der Waals surface area contributed by atoms with Crippen molar-refractivity contribution >= 4 is 5.91 Å². The van der Waals surface area contributed by atoms with Gasteiger partial charge < -0.3 is 4.90 Å². The second kappa shape index (κ2) is 6.80. The van der Waals surface area contributed by atoms with Gasteiger partial charge in [0.05, 0.1) is 6.42 Å². The number of nitrogens with zero attached hydrogens (tertiary/aromatic N) is 2. The van der Waals surface area contributed by atoms with Crippen molar-refractivity contribution in [3.63, 3.8) is 0 Å². The summed E-state index contributed by atoms with van der Waals surface area (Å²) in [5.41, 5.74) is -3.49. The number of alkyl halides is 7. The fourth-order valence-corrected chi connectivity index (χ4v) is 2.67. The summed E-state index contributed by atoms with van der Waals surface area (Å²) in [6, 6.07) is 1.76. The standard InChI is InChI=1S/C15H15F7N2O/c16-13(10-2-6-23-11(9-10)15(20,21)22)4-7-24(8-5-13)12(25)1-3-14(17,18)19/h2,6,9H,1,3-5,7-8H2. The van der Waals surface area contributed by atoms with Gasteiger partial charge in [-0.1, -0.05) is 0 Å². The van der Waals surface area contributed by atoms with Crippen LogP contribution in [0.2, 0.25) is 0 Å². The third kappa shape index (κ3) is 5.05. The smallest absolute Gasteiger partial charge is 0.342 e. The molecule has 0 unspecified atom stereocenters. The van der Waals surface area contributed by atoms with Gasteiger partial charge in [0.15, 0.2) is 0 Å². The average Bonchev–Trinajstić information content (AvgIpc) is 2.52. The Morgan fingerprint density at radius 2 is 1.76 bits per heavy atom. The van der Waals surface area contributed by atoms with E-state index >= 15 is 0 Å². The highest BCUT2D eigenvalue weighted by Gasteiger charge is 2.40. The monoisotopic (exact) mass is 372 g/mol. The van der Waals surface area contributed by atoms with Crippen molar-refractivity contribution in [1.82, 2.24) is 9.88 Å². The lowest BCUT2D eigenvalue weighted by Gasteiger charge is -2.37. The average molecular weight is 372 g/mol. The Kier molecular flexibility index (Phi) is 5.29. The lowest BCUT2D eigenvalue weighted by atomic mass is 9.86. The summed E-state index contributed by atoms with van der Waals surface area (Å²) in [4.78, 5) is 16.0. The zero-order valence-corrected chi connectivity index (χ0v) is 12.9. The van der Waals surface area contributed by atoms with Crippen molar-refractivity contribution < 1.29 is 35.5 Å². The molecule has 1 aromatic heterocycles. The van der Waals surface area contributed by atoms with Crippen molar-refractivity contribution in [2.24, 2.45) is 0 Å². The maximum atomic E-state index is 15.0. The molecule has 0 bridgehead atoms. The van der Waals surface area contributed by atoms with Gasteiger partial charge >= 0.3 is 12.4 Å². The molecule has 3 nitrogen and oxygen atoms in total. The van der Waals surface area contributed by atoms with E-state index in [1.165, 1.54) is 0 Å². The first-order valence-corrected chi connectivity index (χ1v) is 7.48. The Labute approximate surface area is 138 Å². The van der Waals surface area contributed by atoms with Crippen molar-refractivity contribution in [2.75, 3.05) is 13.1 Å². The van der Waals surface area contributed by atoms with Crippen molar-refractivity contribution in [2.45, 2.75) is 43.7 Å². The van der Waals surface area contributed by atoms with Crippen LogP contribution in [0.3, 0.4) is 0 Å². The molecular formula is C15H15F7N2O. The van der Waals surface area contributed by atoms with Crippen LogP contribution in [0.4, 0.5) is 30.7 Å². The molecular weight excluding hydrogens is 357 g/mol. The number of carbonyl (C=O) groups is 1. The fourth-order valence-electron chi connectivity index (χ4n) is 2.67. The second-order valence-corrected chi connectivity index (χ2v) is 5.89. The van der Waals surface area contributed by atoms with E-state index < -0.39 is 42.5 Å². The van der Waals surface area contributed by atoms with Gasteiger partial charge in [-0.15, -0.1) is 0 Å². The number of hydrogen-bond acceptors (Lipinski definition) is 2.